The Bertz CT molecular complexity index is 757. The summed E-state index contributed by atoms with van der Waals surface area (Å²) in [5, 5.41) is 11.4. The molecule has 1 heterocycles. The second kappa shape index (κ2) is 12.7. The highest BCUT2D eigenvalue weighted by molar-refractivity contribution is 14.0. The molecule has 0 amide bonds. The lowest BCUT2D eigenvalue weighted by atomic mass is 9.98. The minimum Gasteiger partial charge on any atom is -0.497 e. The van der Waals surface area contributed by atoms with Gasteiger partial charge in [-0.3, -0.25) is 9.67 Å². The molecule has 1 aromatic carbocycles. The molecule has 6 nitrogen and oxygen atoms in total. The van der Waals surface area contributed by atoms with Crippen molar-refractivity contribution < 1.29 is 4.74 Å². The molecule has 2 unspecified atom stereocenters. The number of hydrogen-bond donors (Lipinski definition) is 2. The third-order valence-electron chi connectivity index (χ3n) is 4.98. The van der Waals surface area contributed by atoms with Gasteiger partial charge in [0.15, 0.2) is 5.96 Å². The number of guanidine groups is 1. The maximum Gasteiger partial charge on any atom is 0.190 e. The number of halogens is 1. The minimum absolute atomic E-state index is 0. The summed E-state index contributed by atoms with van der Waals surface area (Å²) in [6.45, 7) is 11.2. The average Bonchev–Trinajstić information content (AvgIpc) is 3.01. The zero-order valence-electron chi connectivity index (χ0n) is 18.5. The molecule has 0 bridgehead atoms. The molecule has 0 saturated carbocycles. The fraction of sp³-hybridized carbons (Fsp3) is 0.545. The summed E-state index contributed by atoms with van der Waals surface area (Å²) in [7, 11) is 3.51. The van der Waals surface area contributed by atoms with Gasteiger partial charge >= 0.3 is 0 Å². The molecular weight excluding hydrogens is 477 g/mol. The predicted molar refractivity (Wildman–Crippen MR) is 132 cm³/mol. The van der Waals surface area contributed by atoms with Crippen LogP contribution in [0.25, 0.3) is 0 Å². The largest absolute Gasteiger partial charge is 0.497 e. The van der Waals surface area contributed by atoms with Gasteiger partial charge in [0.05, 0.1) is 12.8 Å². The first-order valence-electron chi connectivity index (χ1n) is 10.0. The molecule has 2 atom stereocenters. The van der Waals surface area contributed by atoms with Crippen molar-refractivity contribution in [1.82, 2.24) is 20.4 Å². The summed E-state index contributed by atoms with van der Waals surface area (Å²) in [5.41, 5.74) is 3.60. The fourth-order valence-corrected chi connectivity index (χ4v) is 3.22. The lowest BCUT2D eigenvalue weighted by molar-refractivity contribution is 0.414. The lowest BCUT2D eigenvalue weighted by Crippen LogP contribution is -2.40. The van der Waals surface area contributed by atoms with Crippen molar-refractivity contribution in [2.45, 2.75) is 46.6 Å². The zero-order valence-corrected chi connectivity index (χ0v) is 20.9. The van der Waals surface area contributed by atoms with Crippen molar-refractivity contribution in [3.63, 3.8) is 0 Å². The Morgan fingerprint density at radius 3 is 2.41 bits per heavy atom. The number of methoxy groups -OCH3 is 1. The van der Waals surface area contributed by atoms with Crippen molar-refractivity contribution in [2.24, 2.45) is 10.9 Å². The van der Waals surface area contributed by atoms with Crippen LogP contribution in [0.2, 0.25) is 0 Å². The molecule has 0 aliphatic rings. The van der Waals surface area contributed by atoms with Crippen LogP contribution in [-0.2, 0) is 6.54 Å². The van der Waals surface area contributed by atoms with Crippen LogP contribution >= 0.6 is 24.0 Å². The Kier molecular flexibility index (Phi) is 11.1. The maximum absolute atomic E-state index is 5.23. The first-order valence-corrected chi connectivity index (χ1v) is 10.0. The molecule has 0 aliphatic heterocycles. The normalized spacial score (nSPS) is 13.4. The van der Waals surface area contributed by atoms with Crippen molar-refractivity contribution in [3.8, 4) is 5.75 Å². The Balaban J connectivity index is 0.00000420. The molecule has 2 N–H and O–H groups in total. The lowest BCUT2D eigenvalue weighted by Gasteiger charge is -2.18. The number of ether oxygens (including phenoxy) is 1. The van der Waals surface area contributed by atoms with Crippen LogP contribution in [0.3, 0.4) is 0 Å². The van der Waals surface area contributed by atoms with Crippen LogP contribution in [-0.4, -0.2) is 43.0 Å². The number of nitrogens with one attached hydrogen (secondary N) is 2. The van der Waals surface area contributed by atoms with E-state index < -0.39 is 0 Å². The molecule has 0 aliphatic carbocycles. The molecule has 1 aromatic heterocycles. The molecule has 0 fully saturated rings. The average molecular weight is 513 g/mol. The molecule has 162 valence electrons. The third-order valence-corrected chi connectivity index (χ3v) is 4.98. The smallest absolute Gasteiger partial charge is 0.190 e. The van der Waals surface area contributed by atoms with E-state index in [0.717, 1.165) is 43.5 Å². The van der Waals surface area contributed by atoms with Crippen LogP contribution in [0, 0.1) is 19.8 Å². The van der Waals surface area contributed by atoms with Gasteiger partial charge in [-0.1, -0.05) is 26.0 Å². The van der Waals surface area contributed by atoms with Gasteiger partial charge in [-0.15, -0.1) is 24.0 Å². The van der Waals surface area contributed by atoms with Crippen LogP contribution < -0.4 is 15.4 Å². The van der Waals surface area contributed by atoms with E-state index in [-0.39, 0.29) is 24.0 Å². The summed E-state index contributed by atoms with van der Waals surface area (Å²) < 4.78 is 7.30. The van der Waals surface area contributed by atoms with Gasteiger partial charge in [0.1, 0.15) is 5.75 Å². The zero-order chi connectivity index (χ0) is 20.5. The van der Waals surface area contributed by atoms with E-state index in [1.165, 1.54) is 11.3 Å². The first-order chi connectivity index (χ1) is 13.4. The highest BCUT2D eigenvalue weighted by atomic mass is 127. The van der Waals surface area contributed by atoms with E-state index in [0.29, 0.717) is 11.8 Å². The number of aliphatic imine (C=N–C) groups is 1. The Labute approximate surface area is 192 Å². The summed E-state index contributed by atoms with van der Waals surface area (Å²) in [6, 6.07) is 10.4. The summed E-state index contributed by atoms with van der Waals surface area (Å²) in [5.74, 6) is 2.67. The molecule has 7 heteroatoms. The van der Waals surface area contributed by atoms with Crippen molar-refractivity contribution in [3.05, 3.63) is 47.3 Å². The topological polar surface area (TPSA) is 63.5 Å². The van der Waals surface area contributed by atoms with Gasteiger partial charge in [-0.25, -0.2) is 0 Å². The quantitative estimate of drug-likeness (QED) is 0.301. The highest BCUT2D eigenvalue weighted by Gasteiger charge is 2.09. The van der Waals surface area contributed by atoms with E-state index in [4.69, 9.17) is 4.74 Å². The number of nitrogens with zero attached hydrogens (tertiary/aromatic N) is 3. The van der Waals surface area contributed by atoms with Crippen LogP contribution in [0.15, 0.2) is 35.3 Å². The molecular formula is C22H36IN5O. The van der Waals surface area contributed by atoms with Gasteiger partial charge in [0, 0.05) is 32.4 Å². The van der Waals surface area contributed by atoms with Crippen molar-refractivity contribution in [1.29, 1.82) is 0 Å². The molecule has 29 heavy (non-hydrogen) atoms. The summed E-state index contributed by atoms with van der Waals surface area (Å²) >= 11 is 0. The van der Waals surface area contributed by atoms with E-state index in [1.54, 1.807) is 7.11 Å². The molecule has 0 spiro atoms. The van der Waals surface area contributed by atoms with E-state index >= 15 is 0 Å². The van der Waals surface area contributed by atoms with Gasteiger partial charge in [-0.2, -0.15) is 5.10 Å². The second-order valence-electron chi connectivity index (χ2n) is 7.56. The highest BCUT2D eigenvalue weighted by Crippen LogP contribution is 2.21. The molecule has 0 saturated heterocycles. The SMILES string of the molecule is CN=C(NCCC(C)c1ccc(OC)cc1)NCC(C)Cn1nc(C)cc1C.I. The molecule has 0 radical (unpaired) electrons. The number of aryl methyl sites for hydroxylation is 2. The van der Waals surface area contributed by atoms with Crippen LogP contribution in [0.1, 0.15) is 43.1 Å². The standard InChI is InChI=1S/C22H35N5O.HI/c1-16(15-27-19(4)13-18(3)26-27)14-25-22(23-5)24-12-11-17(2)20-7-9-21(28-6)10-8-20;/h7-10,13,16-17H,11-12,14-15H2,1-6H3,(H2,23,24,25);1H. The van der Waals surface area contributed by atoms with E-state index in [2.05, 4.69) is 64.4 Å². The van der Waals surface area contributed by atoms with Gasteiger partial charge in [0.2, 0.25) is 0 Å². The van der Waals surface area contributed by atoms with Crippen LogP contribution in [0.5, 0.6) is 5.75 Å². The van der Waals surface area contributed by atoms with Gasteiger partial charge < -0.3 is 15.4 Å². The molecule has 2 rings (SSSR count). The Morgan fingerprint density at radius 2 is 1.86 bits per heavy atom. The maximum atomic E-state index is 5.23. The number of rotatable bonds is 9. The molecule has 2 aromatic rings. The minimum atomic E-state index is 0. The second-order valence-corrected chi connectivity index (χ2v) is 7.56. The van der Waals surface area contributed by atoms with Crippen molar-refractivity contribution in [2.75, 3.05) is 27.2 Å². The Morgan fingerprint density at radius 1 is 1.17 bits per heavy atom. The van der Waals surface area contributed by atoms with Crippen molar-refractivity contribution >= 4 is 29.9 Å². The fourth-order valence-electron chi connectivity index (χ4n) is 3.22. The first kappa shape index (κ1) is 25.3. The summed E-state index contributed by atoms with van der Waals surface area (Å²) in [6.07, 6.45) is 1.04. The third kappa shape index (κ3) is 8.24. The van der Waals surface area contributed by atoms with Gasteiger partial charge in [-0.05, 0) is 55.9 Å². The number of aromatic nitrogens is 2. The predicted octanol–water partition coefficient (Wildman–Crippen LogP) is 4.12. The van der Waals surface area contributed by atoms with E-state index in [9.17, 15) is 0 Å². The van der Waals surface area contributed by atoms with Crippen LogP contribution in [0.4, 0.5) is 0 Å². The monoisotopic (exact) mass is 513 g/mol. The number of benzene rings is 1. The summed E-state index contributed by atoms with van der Waals surface area (Å²) in [4.78, 5) is 4.34. The Hall–Kier alpha value is -1.77. The number of hydrogen-bond acceptors (Lipinski definition) is 3. The van der Waals surface area contributed by atoms with E-state index in [1.807, 2.05) is 26.1 Å². The van der Waals surface area contributed by atoms with Gasteiger partial charge in [0.25, 0.3) is 0 Å².